The van der Waals surface area contributed by atoms with Crippen LogP contribution in [0.15, 0.2) is 11.6 Å². The standard InChI is InChI=1S/C36H59NO3/c1-11-23(2)37-30(39)36-20-18-31(4,5)22-26(36)25-12-13-28-33(8)16-15-29(40-24(3)38)32(6,7)27(33)14-17-35(28,10)34(25,9)19-21-36/h12,23,26-29H,11,13-22H2,1-10H3,(H,37,39)/t23?,26-,27-,28+,29-,33-,34+,35+,36-/m0/s1. The fourth-order valence-electron chi connectivity index (χ4n) is 11.5. The van der Waals surface area contributed by atoms with Crippen molar-refractivity contribution in [2.75, 3.05) is 0 Å². The minimum atomic E-state index is -0.251. The van der Waals surface area contributed by atoms with Crippen LogP contribution in [0, 0.1) is 50.2 Å². The number of hydrogen-bond donors (Lipinski definition) is 1. The first-order valence-corrected chi connectivity index (χ1v) is 16.7. The third-order valence-electron chi connectivity index (χ3n) is 14.3. The van der Waals surface area contributed by atoms with Crippen LogP contribution in [0.5, 0.6) is 0 Å². The molecule has 5 rings (SSSR count). The molecule has 0 saturated heterocycles. The fourth-order valence-corrected chi connectivity index (χ4v) is 11.5. The highest BCUT2D eigenvalue weighted by molar-refractivity contribution is 5.84. The summed E-state index contributed by atoms with van der Waals surface area (Å²) in [5.74, 6) is 1.70. The van der Waals surface area contributed by atoms with E-state index in [-0.39, 0.29) is 50.6 Å². The van der Waals surface area contributed by atoms with E-state index in [1.807, 2.05) is 0 Å². The molecule has 4 fully saturated rings. The average molecular weight is 554 g/mol. The smallest absolute Gasteiger partial charge is 0.302 e. The van der Waals surface area contributed by atoms with Gasteiger partial charge >= 0.3 is 5.97 Å². The van der Waals surface area contributed by atoms with Crippen molar-refractivity contribution in [1.29, 1.82) is 0 Å². The van der Waals surface area contributed by atoms with Crippen LogP contribution in [-0.2, 0) is 14.3 Å². The highest BCUT2D eigenvalue weighted by Crippen LogP contribution is 2.75. The zero-order chi connectivity index (χ0) is 29.5. The van der Waals surface area contributed by atoms with Gasteiger partial charge in [0.2, 0.25) is 5.91 Å². The van der Waals surface area contributed by atoms with Crippen molar-refractivity contribution < 1.29 is 14.3 Å². The van der Waals surface area contributed by atoms with Gasteiger partial charge < -0.3 is 10.1 Å². The molecule has 40 heavy (non-hydrogen) atoms. The van der Waals surface area contributed by atoms with Gasteiger partial charge in [0.25, 0.3) is 0 Å². The van der Waals surface area contributed by atoms with Crippen molar-refractivity contribution in [3.05, 3.63) is 11.6 Å². The molecule has 0 radical (unpaired) electrons. The van der Waals surface area contributed by atoms with Gasteiger partial charge in [0, 0.05) is 18.4 Å². The average Bonchev–Trinajstić information content (AvgIpc) is 2.85. The maximum Gasteiger partial charge on any atom is 0.302 e. The van der Waals surface area contributed by atoms with Gasteiger partial charge in [-0.25, -0.2) is 0 Å². The zero-order valence-corrected chi connectivity index (χ0v) is 27.5. The second-order valence-corrected chi connectivity index (χ2v) is 17.1. The summed E-state index contributed by atoms with van der Waals surface area (Å²) >= 11 is 0. The Morgan fingerprint density at radius 2 is 1.62 bits per heavy atom. The van der Waals surface area contributed by atoms with Crippen molar-refractivity contribution in [3.63, 3.8) is 0 Å². The lowest BCUT2D eigenvalue weighted by molar-refractivity contribution is -0.212. The number of rotatable bonds is 4. The van der Waals surface area contributed by atoms with Gasteiger partial charge in [-0.1, -0.05) is 67.0 Å². The topological polar surface area (TPSA) is 55.4 Å². The molecular formula is C36H59NO3. The van der Waals surface area contributed by atoms with E-state index in [4.69, 9.17) is 4.74 Å². The van der Waals surface area contributed by atoms with E-state index in [1.165, 1.54) is 12.8 Å². The summed E-state index contributed by atoms with van der Waals surface area (Å²) in [4.78, 5) is 26.1. The number of esters is 1. The number of carbonyl (C=O) groups excluding carboxylic acids is 2. The van der Waals surface area contributed by atoms with Gasteiger partial charge in [0.15, 0.2) is 0 Å². The predicted octanol–water partition coefficient (Wildman–Crippen LogP) is 8.63. The summed E-state index contributed by atoms with van der Waals surface area (Å²) in [7, 11) is 0. The Bertz CT molecular complexity index is 1070. The minimum absolute atomic E-state index is 0.0153. The largest absolute Gasteiger partial charge is 0.462 e. The molecule has 0 aromatic rings. The van der Waals surface area contributed by atoms with E-state index in [0.29, 0.717) is 23.7 Å². The molecule has 0 aromatic carbocycles. The molecular weight excluding hydrogens is 494 g/mol. The number of nitrogens with one attached hydrogen (secondary N) is 1. The Balaban J connectivity index is 1.54. The lowest BCUT2D eigenvalue weighted by Crippen LogP contribution is -2.65. The molecule has 9 atom stereocenters. The summed E-state index contributed by atoms with van der Waals surface area (Å²) in [5.41, 5.74) is 2.20. The third kappa shape index (κ3) is 4.18. The van der Waals surface area contributed by atoms with Crippen molar-refractivity contribution in [2.45, 2.75) is 152 Å². The lowest BCUT2D eigenvalue weighted by Gasteiger charge is -2.71. The number of hydrogen-bond acceptors (Lipinski definition) is 3. The van der Waals surface area contributed by atoms with Gasteiger partial charge in [-0.2, -0.15) is 0 Å². The maximum atomic E-state index is 14.1. The van der Waals surface area contributed by atoms with Crippen LogP contribution < -0.4 is 5.32 Å². The molecule has 4 heteroatoms. The Morgan fingerprint density at radius 3 is 2.27 bits per heavy atom. The molecule has 5 aliphatic rings. The Hall–Kier alpha value is -1.32. The van der Waals surface area contributed by atoms with Gasteiger partial charge in [0.05, 0.1) is 5.41 Å². The van der Waals surface area contributed by atoms with Crippen LogP contribution in [0.3, 0.4) is 0 Å². The predicted molar refractivity (Wildman–Crippen MR) is 162 cm³/mol. The number of allylic oxidation sites excluding steroid dienone is 2. The first-order valence-electron chi connectivity index (χ1n) is 16.7. The molecule has 226 valence electrons. The van der Waals surface area contributed by atoms with Crippen LogP contribution in [0.2, 0.25) is 0 Å². The maximum absolute atomic E-state index is 14.1. The van der Waals surface area contributed by atoms with E-state index in [2.05, 4.69) is 73.7 Å². The summed E-state index contributed by atoms with van der Waals surface area (Å²) in [6.07, 6.45) is 14.7. The van der Waals surface area contributed by atoms with Crippen molar-refractivity contribution in [2.24, 2.45) is 50.2 Å². The van der Waals surface area contributed by atoms with E-state index >= 15 is 0 Å². The van der Waals surface area contributed by atoms with Crippen molar-refractivity contribution in [3.8, 4) is 0 Å². The summed E-state index contributed by atoms with van der Waals surface area (Å²) in [5, 5.41) is 3.46. The SMILES string of the molecule is CCC(C)NC(=O)[C@]12CCC(C)(C)C[C@H]1C1=CC[C@@H]3[C@@]4(C)CC[C@H](OC(C)=O)C(C)(C)[C@@H]4CC[C@@]3(C)[C@]1(C)CC2. The number of fused-ring (bicyclic) bond motifs is 7. The van der Waals surface area contributed by atoms with Gasteiger partial charge in [-0.3, -0.25) is 9.59 Å². The fraction of sp³-hybridized carbons (Fsp3) is 0.889. The van der Waals surface area contributed by atoms with Crippen LogP contribution in [0.4, 0.5) is 0 Å². The summed E-state index contributed by atoms with van der Waals surface area (Å²) in [6, 6.07) is 0.230. The van der Waals surface area contributed by atoms with Crippen molar-refractivity contribution >= 4 is 11.9 Å². The van der Waals surface area contributed by atoms with Gasteiger partial charge in [0.1, 0.15) is 6.10 Å². The minimum Gasteiger partial charge on any atom is -0.462 e. The third-order valence-corrected chi connectivity index (χ3v) is 14.3. The molecule has 1 amide bonds. The van der Waals surface area contributed by atoms with Gasteiger partial charge in [-0.15, -0.1) is 0 Å². The number of amides is 1. The van der Waals surface area contributed by atoms with Crippen LogP contribution in [0.1, 0.15) is 140 Å². The van der Waals surface area contributed by atoms with Gasteiger partial charge in [-0.05, 0) is 117 Å². The summed E-state index contributed by atoms with van der Waals surface area (Å²) in [6.45, 7) is 23.3. The second-order valence-electron chi connectivity index (χ2n) is 17.1. The van der Waals surface area contributed by atoms with Crippen LogP contribution in [0.25, 0.3) is 0 Å². The Morgan fingerprint density at radius 1 is 0.950 bits per heavy atom. The Kier molecular flexibility index (Phi) is 7.23. The molecule has 4 saturated carbocycles. The number of ether oxygens (including phenoxy) is 1. The monoisotopic (exact) mass is 553 g/mol. The normalized spacial score (nSPS) is 45.9. The first-order chi connectivity index (χ1) is 18.5. The van der Waals surface area contributed by atoms with E-state index in [1.54, 1.807) is 12.5 Å². The second kappa shape index (κ2) is 9.60. The molecule has 1 N–H and O–H groups in total. The van der Waals surface area contributed by atoms with Crippen molar-refractivity contribution in [1.82, 2.24) is 5.32 Å². The quantitative estimate of drug-likeness (QED) is 0.280. The molecule has 0 aliphatic heterocycles. The molecule has 0 heterocycles. The first kappa shape index (κ1) is 30.1. The Labute approximate surface area is 245 Å². The summed E-state index contributed by atoms with van der Waals surface area (Å²) < 4.78 is 5.93. The molecule has 1 unspecified atom stereocenters. The van der Waals surface area contributed by atoms with E-state index in [9.17, 15) is 9.59 Å². The molecule has 0 spiro atoms. The molecule has 0 bridgehead atoms. The zero-order valence-electron chi connectivity index (χ0n) is 27.5. The van der Waals surface area contributed by atoms with E-state index in [0.717, 1.165) is 57.8 Å². The lowest BCUT2D eigenvalue weighted by atomic mass is 9.33. The van der Waals surface area contributed by atoms with E-state index < -0.39 is 0 Å². The molecule has 4 nitrogen and oxygen atoms in total. The van der Waals surface area contributed by atoms with Crippen LogP contribution >= 0.6 is 0 Å². The highest BCUT2D eigenvalue weighted by Gasteiger charge is 2.69. The number of carbonyl (C=O) groups is 2. The molecule has 5 aliphatic carbocycles. The van der Waals surface area contributed by atoms with Crippen LogP contribution in [-0.4, -0.2) is 24.0 Å². The molecule has 0 aromatic heterocycles. The highest BCUT2D eigenvalue weighted by atomic mass is 16.5.